The Kier molecular flexibility index (Phi) is 2.67. The minimum atomic E-state index is -0.771. The number of aryl methyl sites for hydroxylation is 1. The summed E-state index contributed by atoms with van der Waals surface area (Å²) in [5.41, 5.74) is -0.155. The number of esters is 1. The Morgan fingerprint density at radius 3 is 2.76 bits per heavy atom. The summed E-state index contributed by atoms with van der Waals surface area (Å²) in [4.78, 5) is 23.0. The number of ether oxygens (including phenoxy) is 1. The van der Waals surface area contributed by atoms with Gasteiger partial charge >= 0.3 is 5.97 Å². The zero-order valence-electron chi connectivity index (χ0n) is 9.24. The maximum absolute atomic E-state index is 13.3. The fourth-order valence-corrected chi connectivity index (χ4v) is 1.53. The molecular formula is C12H9FO4. The summed E-state index contributed by atoms with van der Waals surface area (Å²) in [6.07, 6.45) is 0. The molecule has 17 heavy (non-hydrogen) atoms. The number of hydrogen-bond donors (Lipinski definition) is 0. The minimum Gasteiger partial charge on any atom is -0.463 e. The van der Waals surface area contributed by atoms with E-state index in [9.17, 15) is 14.0 Å². The number of rotatable bonds is 1. The molecule has 0 amide bonds. The first kappa shape index (κ1) is 11.3. The van der Waals surface area contributed by atoms with Gasteiger partial charge in [-0.2, -0.15) is 0 Å². The second-order valence-corrected chi connectivity index (χ2v) is 3.52. The molecular weight excluding hydrogens is 227 g/mol. The molecule has 1 aromatic carbocycles. The number of halogens is 1. The first-order valence-electron chi connectivity index (χ1n) is 4.86. The molecule has 5 heteroatoms. The molecule has 0 atom stereocenters. The van der Waals surface area contributed by atoms with Crippen LogP contribution in [0, 0.1) is 12.7 Å². The fourth-order valence-electron chi connectivity index (χ4n) is 1.53. The van der Waals surface area contributed by atoms with Crippen LogP contribution in [0.25, 0.3) is 11.0 Å². The Morgan fingerprint density at radius 2 is 2.12 bits per heavy atom. The molecule has 2 aromatic rings. The van der Waals surface area contributed by atoms with Gasteiger partial charge in [-0.1, -0.05) is 0 Å². The lowest BCUT2D eigenvalue weighted by atomic mass is 10.1. The highest BCUT2D eigenvalue weighted by molar-refractivity contribution is 5.89. The van der Waals surface area contributed by atoms with E-state index < -0.39 is 17.2 Å². The summed E-state index contributed by atoms with van der Waals surface area (Å²) in [6, 6.07) is 3.54. The lowest BCUT2D eigenvalue weighted by Crippen LogP contribution is -2.09. The van der Waals surface area contributed by atoms with Gasteiger partial charge in [0.1, 0.15) is 11.4 Å². The lowest BCUT2D eigenvalue weighted by Gasteiger charge is -2.04. The predicted molar refractivity (Wildman–Crippen MR) is 58.5 cm³/mol. The van der Waals surface area contributed by atoms with Crippen LogP contribution in [0.2, 0.25) is 0 Å². The molecule has 0 aliphatic rings. The minimum absolute atomic E-state index is 0.0675. The van der Waals surface area contributed by atoms with E-state index in [1.165, 1.54) is 26.2 Å². The van der Waals surface area contributed by atoms with Crippen molar-refractivity contribution in [3.8, 4) is 0 Å². The van der Waals surface area contributed by atoms with Gasteiger partial charge in [-0.3, -0.25) is 4.79 Å². The van der Waals surface area contributed by atoms with E-state index in [2.05, 4.69) is 4.74 Å². The number of benzene rings is 1. The third-order valence-electron chi connectivity index (χ3n) is 2.47. The lowest BCUT2D eigenvalue weighted by molar-refractivity contribution is 0.0565. The second kappa shape index (κ2) is 4.01. The number of fused-ring (bicyclic) bond motifs is 1. The van der Waals surface area contributed by atoms with Crippen LogP contribution in [0.5, 0.6) is 0 Å². The Labute approximate surface area is 95.6 Å². The number of carbonyl (C=O) groups excluding carboxylic acids is 1. The highest BCUT2D eigenvalue weighted by Crippen LogP contribution is 2.19. The van der Waals surface area contributed by atoms with Crippen LogP contribution in [0.1, 0.15) is 16.1 Å². The Hall–Kier alpha value is -2.17. The van der Waals surface area contributed by atoms with Crippen molar-refractivity contribution in [1.29, 1.82) is 0 Å². The zero-order chi connectivity index (χ0) is 12.6. The molecule has 4 nitrogen and oxygen atoms in total. The topological polar surface area (TPSA) is 56.5 Å². The Balaban J connectivity index is 2.84. The highest BCUT2D eigenvalue weighted by atomic mass is 19.1. The fraction of sp³-hybridized carbons (Fsp3) is 0.167. The standard InChI is InChI=1S/C12H9FO4/c1-6-8(13)4-3-7-9(14)5-10(12(15)16-2)17-11(6)7/h3-5H,1-2H3. The largest absolute Gasteiger partial charge is 0.463 e. The average Bonchev–Trinajstić information content (AvgIpc) is 2.33. The van der Waals surface area contributed by atoms with Crippen molar-refractivity contribution in [1.82, 2.24) is 0 Å². The number of carbonyl (C=O) groups is 1. The van der Waals surface area contributed by atoms with Crippen LogP contribution >= 0.6 is 0 Å². The molecule has 0 saturated carbocycles. The molecule has 0 unspecified atom stereocenters. The van der Waals surface area contributed by atoms with Crippen molar-refractivity contribution >= 4 is 16.9 Å². The van der Waals surface area contributed by atoms with Crippen molar-refractivity contribution in [3.05, 3.63) is 45.6 Å². The van der Waals surface area contributed by atoms with E-state index in [4.69, 9.17) is 4.42 Å². The molecule has 0 radical (unpaired) electrons. The molecule has 0 aliphatic carbocycles. The zero-order valence-corrected chi connectivity index (χ0v) is 9.24. The summed E-state index contributed by atoms with van der Waals surface area (Å²) in [5.74, 6) is -1.51. The third-order valence-corrected chi connectivity index (χ3v) is 2.47. The van der Waals surface area contributed by atoms with E-state index in [0.29, 0.717) is 0 Å². The van der Waals surface area contributed by atoms with Crippen molar-refractivity contribution in [2.45, 2.75) is 6.92 Å². The third kappa shape index (κ3) is 1.80. The molecule has 0 saturated heterocycles. The van der Waals surface area contributed by atoms with Crippen LogP contribution in [0.15, 0.2) is 27.4 Å². The van der Waals surface area contributed by atoms with E-state index in [1.807, 2.05) is 0 Å². The molecule has 1 aromatic heterocycles. The van der Waals surface area contributed by atoms with Crippen LogP contribution in [-0.2, 0) is 4.74 Å². The van der Waals surface area contributed by atoms with Crippen LogP contribution in [0.4, 0.5) is 4.39 Å². The van der Waals surface area contributed by atoms with Crippen molar-refractivity contribution < 1.29 is 18.3 Å². The number of methoxy groups -OCH3 is 1. The van der Waals surface area contributed by atoms with Crippen molar-refractivity contribution in [2.24, 2.45) is 0 Å². The summed E-state index contributed by atoms with van der Waals surface area (Å²) in [5, 5.41) is 0.233. The van der Waals surface area contributed by atoms with Crippen LogP contribution in [-0.4, -0.2) is 13.1 Å². The van der Waals surface area contributed by atoms with Crippen LogP contribution in [0.3, 0.4) is 0 Å². The molecule has 1 heterocycles. The Bertz CT molecular complexity index is 657. The molecule has 0 fully saturated rings. The van der Waals surface area contributed by atoms with Gasteiger partial charge in [0.05, 0.1) is 12.5 Å². The quantitative estimate of drug-likeness (QED) is 0.711. The molecule has 0 aliphatic heterocycles. The van der Waals surface area contributed by atoms with Crippen molar-refractivity contribution in [2.75, 3.05) is 7.11 Å². The SMILES string of the molecule is COC(=O)c1cc(=O)c2ccc(F)c(C)c2o1. The number of hydrogen-bond acceptors (Lipinski definition) is 4. The van der Waals surface area contributed by atoms with Gasteiger partial charge in [-0.05, 0) is 19.1 Å². The summed E-state index contributed by atoms with van der Waals surface area (Å²) in [6.45, 7) is 1.47. The normalized spacial score (nSPS) is 10.5. The summed E-state index contributed by atoms with van der Waals surface area (Å²) >= 11 is 0. The monoisotopic (exact) mass is 236 g/mol. The van der Waals surface area contributed by atoms with Gasteiger partial charge < -0.3 is 9.15 Å². The van der Waals surface area contributed by atoms with E-state index in [0.717, 1.165) is 6.07 Å². The Morgan fingerprint density at radius 1 is 1.41 bits per heavy atom. The van der Waals surface area contributed by atoms with E-state index in [-0.39, 0.29) is 22.3 Å². The smallest absolute Gasteiger partial charge is 0.374 e. The maximum atomic E-state index is 13.3. The van der Waals surface area contributed by atoms with Gasteiger partial charge in [0.25, 0.3) is 0 Å². The maximum Gasteiger partial charge on any atom is 0.374 e. The molecule has 0 N–H and O–H groups in total. The van der Waals surface area contributed by atoms with E-state index in [1.54, 1.807) is 0 Å². The molecule has 2 rings (SSSR count). The van der Waals surface area contributed by atoms with Crippen LogP contribution < -0.4 is 5.43 Å². The van der Waals surface area contributed by atoms with Crippen molar-refractivity contribution in [3.63, 3.8) is 0 Å². The van der Waals surface area contributed by atoms with Gasteiger partial charge in [0.2, 0.25) is 5.76 Å². The molecule has 0 spiro atoms. The summed E-state index contributed by atoms with van der Waals surface area (Å²) < 4.78 is 23.0. The molecule has 88 valence electrons. The second-order valence-electron chi connectivity index (χ2n) is 3.52. The molecule has 0 bridgehead atoms. The van der Waals surface area contributed by atoms with Gasteiger partial charge in [0.15, 0.2) is 5.43 Å². The highest BCUT2D eigenvalue weighted by Gasteiger charge is 2.14. The first-order valence-corrected chi connectivity index (χ1v) is 4.86. The predicted octanol–water partition coefficient (Wildman–Crippen LogP) is 2.03. The average molecular weight is 236 g/mol. The summed E-state index contributed by atoms with van der Waals surface area (Å²) in [7, 11) is 1.17. The first-order chi connectivity index (χ1) is 8.04. The van der Waals surface area contributed by atoms with Gasteiger partial charge in [0, 0.05) is 11.6 Å². The van der Waals surface area contributed by atoms with E-state index >= 15 is 0 Å². The van der Waals surface area contributed by atoms with Gasteiger partial charge in [-0.15, -0.1) is 0 Å². The van der Waals surface area contributed by atoms with Gasteiger partial charge in [-0.25, -0.2) is 9.18 Å².